The highest BCUT2D eigenvalue weighted by Crippen LogP contribution is 1.99. The molecule has 3 heteroatoms. The quantitative estimate of drug-likeness (QED) is 0.558. The molecule has 0 saturated heterocycles. The first kappa shape index (κ1) is 13.5. The van der Waals surface area contributed by atoms with Crippen molar-refractivity contribution in [1.29, 1.82) is 0 Å². The molecular formula is C13H20ClNO. The van der Waals surface area contributed by atoms with Gasteiger partial charge in [0.1, 0.15) is 0 Å². The molecular weight excluding hydrogens is 222 g/mol. The van der Waals surface area contributed by atoms with E-state index in [-0.39, 0.29) is 0 Å². The third-order valence-corrected chi connectivity index (χ3v) is 2.82. The number of halogens is 1. The van der Waals surface area contributed by atoms with Crippen LogP contribution in [0.3, 0.4) is 0 Å². The molecule has 1 aromatic rings. The Balaban J connectivity index is 1.96. The Labute approximate surface area is 103 Å². The van der Waals surface area contributed by atoms with Crippen LogP contribution in [0.1, 0.15) is 12.5 Å². The van der Waals surface area contributed by atoms with Gasteiger partial charge in [-0.05, 0) is 18.0 Å². The number of hydrogen-bond acceptors (Lipinski definition) is 2. The highest BCUT2D eigenvalue weighted by molar-refractivity contribution is 6.18. The molecule has 0 spiro atoms. The second-order valence-electron chi connectivity index (χ2n) is 4.00. The number of nitrogens with one attached hydrogen (secondary N) is 1. The van der Waals surface area contributed by atoms with E-state index in [0.29, 0.717) is 18.4 Å². The lowest BCUT2D eigenvalue weighted by molar-refractivity contribution is 0.122. The van der Waals surface area contributed by atoms with Crippen LogP contribution in [0.5, 0.6) is 0 Å². The third-order valence-electron chi connectivity index (χ3n) is 2.29. The molecule has 1 aromatic carbocycles. The highest BCUT2D eigenvalue weighted by Gasteiger charge is 1.98. The van der Waals surface area contributed by atoms with Crippen LogP contribution in [0.25, 0.3) is 0 Å². The van der Waals surface area contributed by atoms with E-state index in [0.717, 1.165) is 19.7 Å². The van der Waals surface area contributed by atoms with Gasteiger partial charge in [-0.25, -0.2) is 0 Å². The van der Waals surface area contributed by atoms with E-state index in [2.05, 4.69) is 24.4 Å². The average molecular weight is 242 g/mol. The fourth-order valence-corrected chi connectivity index (χ4v) is 1.42. The smallest absolute Gasteiger partial charge is 0.0717 e. The van der Waals surface area contributed by atoms with Crippen LogP contribution in [-0.4, -0.2) is 25.6 Å². The van der Waals surface area contributed by atoms with Crippen molar-refractivity contribution >= 4 is 11.6 Å². The molecule has 90 valence electrons. The summed E-state index contributed by atoms with van der Waals surface area (Å²) in [6, 6.07) is 10.2. The predicted octanol–water partition coefficient (Wildman–Crippen LogP) is 2.67. The van der Waals surface area contributed by atoms with Gasteiger partial charge in [0, 0.05) is 12.4 Å². The zero-order valence-corrected chi connectivity index (χ0v) is 10.5. The minimum Gasteiger partial charge on any atom is -0.375 e. The summed E-state index contributed by atoms with van der Waals surface area (Å²) in [7, 11) is 0. The van der Waals surface area contributed by atoms with Gasteiger partial charge in [-0.15, -0.1) is 11.6 Å². The van der Waals surface area contributed by atoms with Gasteiger partial charge < -0.3 is 10.1 Å². The van der Waals surface area contributed by atoms with Crippen molar-refractivity contribution in [2.24, 2.45) is 5.92 Å². The first-order valence-electron chi connectivity index (χ1n) is 5.71. The van der Waals surface area contributed by atoms with Gasteiger partial charge in [0.15, 0.2) is 0 Å². The molecule has 0 aliphatic carbocycles. The number of hydrogen-bond donors (Lipinski definition) is 1. The number of ether oxygens (including phenoxy) is 1. The zero-order valence-electron chi connectivity index (χ0n) is 9.79. The first-order valence-corrected chi connectivity index (χ1v) is 6.24. The fourth-order valence-electron chi connectivity index (χ4n) is 1.31. The van der Waals surface area contributed by atoms with E-state index in [9.17, 15) is 0 Å². The molecule has 16 heavy (non-hydrogen) atoms. The van der Waals surface area contributed by atoms with E-state index >= 15 is 0 Å². The Hall–Kier alpha value is -0.570. The van der Waals surface area contributed by atoms with Crippen LogP contribution in [0.4, 0.5) is 0 Å². The highest BCUT2D eigenvalue weighted by atomic mass is 35.5. The topological polar surface area (TPSA) is 21.3 Å². The molecule has 1 rings (SSSR count). The van der Waals surface area contributed by atoms with Crippen molar-refractivity contribution in [2.45, 2.75) is 13.5 Å². The van der Waals surface area contributed by atoms with Crippen molar-refractivity contribution in [3.8, 4) is 0 Å². The lowest BCUT2D eigenvalue weighted by atomic mass is 10.2. The average Bonchev–Trinajstić information content (AvgIpc) is 2.34. The van der Waals surface area contributed by atoms with E-state index in [1.54, 1.807) is 0 Å². The van der Waals surface area contributed by atoms with Crippen molar-refractivity contribution in [1.82, 2.24) is 5.32 Å². The lowest BCUT2D eigenvalue weighted by Crippen LogP contribution is -2.25. The molecule has 1 atom stereocenters. The van der Waals surface area contributed by atoms with Crippen LogP contribution in [0, 0.1) is 5.92 Å². The number of benzene rings is 1. The second-order valence-corrected chi connectivity index (χ2v) is 4.31. The van der Waals surface area contributed by atoms with Crippen LogP contribution < -0.4 is 5.32 Å². The summed E-state index contributed by atoms with van der Waals surface area (Å²) in [5, 5.41) is 3.31. The van der Waals surface area contributed by atoms with Crippen molar-refractivity contribution in [2.75, 3.05) is 25.6 Å². The summed E-state index contributed by atoms with van der Waals surface area (Å²) in [4.78, 5) is 0. The summed E-state index contributed by atoms with van der Waals surface area (Å²) in [6.07, 6.45) is 0. The maximum absolute atomic E-state index is 5.70. The van der Waals surface area contributed by atoms with Crippen LogP contribution in [0.15, 0.2) is 30.3 Å². The van der Waals surface area contributed by atoms with E-state index < -0.39 is 0 Å². The minimum absolute atomic E-state index is 0.524. The Kier molecular flexibility index (Phi) is 7.23. The first-order chi connectivity index (χ1) is 7.83. The monoisotopic (exact) mass is 241 g/mol. The number of alkyl halides is 1. The molecule has 1 N–H and O–H groups in total. The lowest BCUT2D eigenvalue weighted by Gasteiger charge is -2.09. The zero-order chi connectivity index (χ0) is 11.6. The van der Waals surface area contributed by atoms with E-state index in [1.165, 1.54) is 5.56 Å². The van der Waals surface area contributed by atoms with Gasteiger partial charge in [0.25, 0.3) is 0 Å². The molecule has 0 fully saturated rings. The summed E-state index contributed by atoms with van der Waals surface area (Å²) in [5.41, 5.74) is 1.22. The van der Waals surface area contributed by atoms with Gasteiger partial charge >= 0.3 is 0 Å². The molecule has 0 aromatic heterocycles. The molecule has 0 saturated carbocycles. The Morgan fingerprint density at radius 3 is 2.75 bits per heavy atom. The molecule has 0 bridgehead atoms. The van der Waals surface area contributed by atoms with Crippen molar-refractivity contribution in [3.63, 3.8) is 0 Å². The fraction of sp³-hybridized carbons (Fsp3) is 0.538. The molecule has 1 unspecified atom stereocenters. The van der Waals surface area contributed by atoms with E-state index in [1.807, 2.05) is 18.2 Å². The Morgan fingerprint density at radius 2 is 2.06 bits per heavy atom. The SMILES string of the molecule is CC(CCl)CNCCOCc1ccccc1. The van der Waals surface area contributed by atoms with Gasteiger partial charge in [-0.3, -0.25) is 0 Å². The van der Waals surface area contributed by atoms with E-state index in [4.69, 9.17) is 16.3 Å². The number of rotatable bonds is 8. The third kappa shape index (κ3) is 6.11. The van der Waals surface area contributed by atoms with Crippen LogP contribution in [-0.2, 0) is 11.3 Å². The molecule has 0 radical (unpaired) electrons. The Morgan fingerprint density at radius 1 is 1.31 bits per heavy atom. The summed E-state index contributed by atoms with van der Waals surface area (Å²) >= 11 is 5.70. The molecule has 0 amide bonds. The van der Waals surface area contributed by atoms with Crippen LogP contribution in [0.2, 0.25) is 0 Å². The standard InChI is InChI=1S/C13H20ClNO/c1-12(9-14)10-15-7-8-16-11-13-5-3-2-4-6-13/h2-6,12,15H,7-11H2,1H3. The predicted molar refractivity (Wildman–Crippen MR) is 68.9 cm³/mol. The molecule has 0 heterocycles. The molecule has 2 nitrogen and oxygen atoms in total. The Bertz CT molecular complexity index is 266. The van der Waals surface area contributed by atoms with Gasteiger partial charge in [0.05, 0.1) is 13.2 Å². The van der Waals surface area contributed by atoms with Crippen molar-refractivity contribution in [3.05, 3.63) is 35.9 Å². The van der Waals surface area contributed by atoms with Crippen LogP contribution >= 0.6 is 11.6 Å². The molecule has 0 aliphatic rings. The summed E-state index contributed by atoms with van der Waals surface area (Å²) in [6.45, 7) is 5.40. The maximum Gasteiger partial charge on any atom is 0.0717 e. The normalized spacial score (nSPS) is 12.6. The van der Waals surface area contributed by atoms with Crippen molar-refractivity contribution < 1.29 is 4.74 Å². The second kappa shape index (κ2) is 8.57. The summed E-state index contributed by atoms with van der Waals surface area (Å²) < 4.78 is 5.54. The minimum atomic E-state index is 0.524. The maximum atomic E-state index is 5.70. The van der Waals surface area contributed by atoms with Gasteiger partial charge in [-0.2, -0.15) is 0 Å². The van der Waals surface area contributed by atoms with Gasteiger partial charge in [-0.1, -0.05) is 37.3 Å². The molecule has 0 aliphatic heterocycles. The summed E-state index contributed by atoms with van der Waals surface area (Å²) in [5.74, 6) is 1.23. The largest absolute Gasteiger partial charge is 0.375 e. The van der Waals surface area contributed by atoms with Gasteiger partial charge in [0.2, 0.25) is 0 Å².